The summed E-state index contributed by atoms with van der Waals surface area (Å²) in [5.41, 5.74) is 1.30. The van der Waals surface area contributed by atoms with Crippen LogP contribution >= 0.6 is 0 Å². The second-order valence-corrected chi connectivity index (χ2v) is 5.39. The van der Waals surface area contributed by atoms with Crippen molar-refractivity contribution in [3.63, 3.8) is 0 Å². The third-order valence-electron chi connectivity index (χ3n) is 3.73. The molecule has 0 fully saturated rings. The van der Waals surface area contributed by atoms with Gasteiger partial charge in [0.2, 0.25) is 0 Å². The van der Waals surface area contributed by atoms with Crippen LogP contribution in [0.4, 0.5) is 0 Å². The third kappa shape index (κ3) is 6.04. The fraction of sp³-hybridized carbons (Fsp3) is 0.647. The number of nitrogens with zero attached hydrogens (tertiary/aromatic N) is 1. The number of para-hydroxylation sites is 1. The Hall–Kier alpha value is -1.10. The van der Waals surface area contributed by atoms with Crippen LogP contribution in [0.25, 0.3) is 0 Å². The van der Waals surface area contributed by atoms with Crippen molar-refractivity contribution in [3.8, 4) is 5.75 Å². The fourth-order valence-electron chi connectivity index (χ4n) is 2.53. The first-order chi connectivity index (χ1) is 10.4. The molecule has 0 bridgehead atoms. The van der Waals surface area contributed by atoms with Gasteiger partial charge in [-0.3, -0.25) is 4.90 Å². The molecule has 0 amide bonds. The van der Waals surface area contributed by atoms with Crippen LogP contribution in [-0.4, -0.2) is 50.9 Å². The van der Waals surface area contributed by atoms with Gasteiger partial charge in [0.1, 0.15) is 12.4 Å². The highest BCUT2D eigenvalue weighted by Gasteiger charge is 2.13. The number of hydrogen-bond donors (Lipinski definition) is 1. The Morgan fingerprint density at radius 1 is 1.24 bits per heavy atom. The first-order valence-corrected chi connectivity index (χ1v) is 8.11. The fourth-order valence-corrected chi connectivity index (χ4v) is 2.53. The molecule has 1 N–H and O–H groups in total. The van der Waals surface area contributed by atoms with Gasteiger partial charge in [-0.2, -0.15) is 0 Å². The predicted molar refractivity (Wildman–Crippen MR) is 85.8 cm³/mol. The van der Waals surface area contributed by atoms with E-state index in [1.54, 1.807) is 0 Å². The molecule has 0 spiro atoms. The maximum Gasteiger partial charge on any atom is 0.123 e. The molecule has 0 aliphatic carbocycles. The van der Waals surface area contributed by atoms with Gasteiger partial charge in [0, 0.05) is 45.0 Å². The number of nitrogens with one attached hydrogen (secondary N) is 1. The standard InChI is InChI=1S/C17H28N2O2/c1-2-20-13-6-5-9-18-10-11-19-12-14-21-17-8-4-3-7-16(17)15-19/h3-4,7-8,18H,2,5-6,9-15H2,1H3. The lowest BCUT2D eigenvalue weighted by atomic mass is 10.2. The lowest BCUT2D eigenvalue weighted by Gasteiger charge is -2.19. The molecule has 1 aromatic carbocycles. The van der Waals surface area contributed by atoms with E-state index in [2.05, 4.69) is 28.4 Å². The minimum Gasteiger partial charge on any atom is -0.492 e. The van der Waals surface area contributed by atoms with E-state index in [0.29, 0.717) is 0 Å². The SMILES string of the molecule is CCOCCCCNCCN1CCOc2ccccc2C1. The van der Waals surface area contributed by atoms with Crippen molar-refractivity contribution in [1.29, 1.82) is 0 Å². The molecule has 1 heterocycles. The summed E-state index contributed by atoms with van der Waals surface area (Å²) in [6, 6.07) is 8.35. The summed E-state index contributed by atoms with van der Waals surface area (Å²) in [6.45, 7) is 9.72. The number of unbranched alkanes of at least 4 members (excludes halogenated alkanes) is 1. The van der Waals surface area contributed by atoms with Gasteiger partial charge in [0.05, 0.1) is 0 Å². The summed E-state index contributed by atoms with van der Waals surface area (Å²) >= 11 is 0. The van der Waals surface area contributed by atoms with Gasteiger partial charge in [-0.05, 0) is 32.4 Å². The quantitative estimate of drug-likeness (QED) is 0.708. The molecule has 1 aromatic rings. The molecule has 1 aliphatic heterocycles. The highest BCUT2D eigenvalue weighted by molar-refractivity contribution is 5.33. The largest absolute Gasteiger partial charge is 0.492 e. The molecule has 0 radical (unpaired) electrons. The monoisotopic (exact) mass is 292 g/mol. The molecule has 2 rings (SSSR count). The van der Waals surface area contributed by atoms with Crippen molar-refractivity contribution in [2.75, 3.05) is 46.0 Å². The van der Waals surface area contributed by atoms with Gasteiger partial charge in [0.15, 0.2) is 0 Å². The number of hydrogen-bond acceptors (Lipinski definition) is 4. The van der Waals surface area contributed by atoms with E-state index >= 15 is 0 Å². The van der Waals surface area contributed by atoms with Crippen LogP contribution in [-0.2, 0) is 11.3 Å². The average Bonchev–Trinajstić information content (AvgIpc) is 2.71. The molecule has 118 valence electrons. The average molecular weight is 292 g/mol. The molecule has 0 aromatic heterocycles. The van der Waals surface area contributed by atoms with Gasteiger partial charge >= 0.3 is 0 Å². The van der Waals surface area contributed by atoms with Gasteiger partial charge in [0.25, 0.3) is 0 Å². The lowest BCUT2D eigenvalue weighted by molar-refractivity contribution is 0.143. The predicted octanol–water partition coefficient (Wildman–Crippen LogP) is 2.29. The van der Waals surface area contributed by atoms with Gasteiger partial charge in [-0.1, -0.05) is 18.2 Å². The van der Waals surface area contributed by atoms with Crippen molar-refractivity contribution >= 4 is 0 Å². The van der Waals surface area contributed by atoms with Crippen molar-refractivity contribution in [2.45, 2.75) is 26.3 Å². The molecule has 0 unspecified atom stereocenters. The van der Waals surface area contributed by atoms with Crippen LogP contribution in [0.5, 0.6) is 5.75 Å². The van der Waals surface area contributed by atoms with Crippen LogP contribution < -0.4 is 10.1 Å². The second kappa shape index (κ2) is 9.77. The zero-order chi connectivity index (χ0) is 14.8. The number of benzene rings is 1. The summed E-state index contributed by atoms with van der Waals surface area (Å²) in [5, 5.41) is 3.52. The summed E-state index contributed by atoms with van der Waals surface area (Å²) in [5.74, 6) is 1.05. The molecule has 0 saturated heterocycles. The van der Waals surface area contributed by atoms with Crippen molar-refractivity contribution in [3.05, 3.63) is 29.8 Å². The van der Waals surface area contributed by atoms with E-state index in [4.69, 9.17) is 9.47 Å². The Morgan fingerprint density at radius 3 is 3.05 bits per heavy atom. The second-order valence-electron chi connectivity index (χ2n) is 5.39. The van der Waals surface area contributed by atoms with Crippen molar-refractivity contribution < 1.29 is 9.47 Å². The van der Waals surface area contributed by atoms with E-state index in [9.17, 15) is 0 Å². The molecular formula is C17H28N2O2. The summed E-state index contributed by atoms with van der Waals surface area (Å²) in [6.07, 6.45) is 2.33. The Morgan fingerprint density at radius 2 is 2.14 bits per heavy atom. The van der Waals surface area contributed by atoms with Crippen LogP contribution in [0, 0.1) is 0 Å². The van der Waals surface area contributed by atoms with Gasteiger partial charge in [-0.25, -0.2) is 0 Å². The molecule has 0 saturated carbocycles. The highest BCUT2D eigenvalue weighted by Crippen LogP contribution is 2.21. The van der Waals surface area contributed by atoms with Crippen LogP contribution in [0.2, 0.25) is 0 Å². The molecule has 4 nitrogen and oxygen atoms in total. The van der Waals surface area contributed by atoms with E-state index in [-0.39, 0.29) is 0 Å². The first kappa shape index (κ1) is 16.3. The van der Waals surface area contributed by atoms with E-state index in [0.717, 1.165) is 64.7 Å². The topological polar surface area (TPSA) is 33.7 Å². The summed E-state index contributed by atoms with van der Waals surface area (Å²) < 4.78 is 11.1. The molecule has 4 heteroatoms. The molecule has 1 aliphatic rings. The zero-order valence-electron chi connectivity index (χ0n) is 13.1. The lowest BCUT2D eigenvalue weighted by Crippen LogP contribution is -2.33. The molecule has 0 atom stereocenters. The normalized spacial score (nSPS) is 15.3. The van der Waals surface area contributed by atoms with Crippen molar-refractivity contribution in [1.82, 2.24) is 10.2 Å². The Balaban J connectivity index is 1.59. The van der Waals surface area contributed by atoms with E-state index in [1.807, 2.05) is 13.0 Å². The highest BCUT2D eigenvalue weighted by atomic mass is 16.5. The first-order valence-electron chi connectivity index (χ1n) is 8.11. The smallest absolute Gasteiger partial charge is 0.123 e. The maximum atomic E-state index is 5.79. The number of rotatable bonds is 9. The van der Waals surface area contributed by atoms with Crippen molar-refractivity contribution in [2.24, 2.45) is 0 Å². The van der Waals surface area contributed by atoms with E-state index < -0.39 is 0 Å². The third-order valence-corrected chi connectivity index (χ3v) is 3.73. The number of ether oxygens (including phenoxy) is 2. The Kier molecular flexibility index (Phi) is 7.57. The van der Waals surface area contributed by atoms with Crippen LogP contribution in [0.1, 0.15) is 25.3 Å². The minimum atomic E-state index is 0.783. The Labute approximate surface area is 128 Å². The Bertz CT molecular complexity index is 398. The van der Waals surface area contributed by atoms with Gasteiger partial charge in [-0.15, -0.1) is 0 Å². The van der Waals surface area contributed by atoms with Crippen LogP contribution in [0.3, 0.4) is 0 Å². The minimum absolute atomic E-state index is 0.783. The zero-order valence-corrected chi connectivity index (χ0v) is 13.1. The van der Waals surface area contributed by atoms with E-state index in [1.165, 1.54) is 12.0 Å². The molecular weight excluding hydrogens is 264 g/mol. The van der Waals surface area contributed by atoms with Crippen LogP contribution in [0.15, 0.2) is 24.3 Å². The molecule has 21 heavy (non-hydrogen) atoms. The van der Waals surface area contributed by atoms with Gasteiger partial charge < -0.3 is 14.8 Å². The summed E-state index contributed by atoms with van der Waals surface area (Å²) in [4.78, 5) is 2.46. The maximum absolute atomic E-state index is 5.79. The number of fused-ring (bicyclic) bond motifs is 1. The summed E-state index contributed by atoms with van der Waals surface area (Å²) in [7, 11) is 0.